The minimum Gasteiger partial charge on any atom is -0.497 e. The van der Waals surface area contributed by atoms with E-state index in [1.54, 1.807) is 44.4 Å². The molecular formula is C17H19N5O4. The SMILES string of the molecule is COc1ccc(N2C(=O)C[C@H](NNC(=O)c3cn(C)nc3C)C2=O)cc1. The fourth-order valence-corrected chi connectivity index (χ4v) is 2.79. The summed E-state index contributed by atoms with van der Waals surface area (Å²) in [4.78, 5) is 38.1. The second-order valence-electron chi connectivity index (χ2n) is 5.92. The van der Waals surface area contributed by atoms with Crippen molar-refractivity contribution in [1.82, 2.24) is 20.6 Å². The van der Waals surface area contributed by atoms with Crippen LogP contribution < -0.4 is 20.5 Å². The van der Waals surface area contributed by atoms with Crippen molar-refractivity contribution in [3.63, 3.8) is 0 Å². The highest BCUT2D eigenvalue weighted by atomic mass is 16.5. The highest BCUT2D eigenvalue weighted by molar-refractivity contribution is 6.22. The monoisotopic (exact) mass is 357 g/mol. The van der Waals surface area contributed by atoms with Gasteiger partial charge in [0.1, 0.15) is 11.8 Å². The van der Waals surface area contributed by atoms with Crippen molar-refractivity contribution in [1.29, 1.82) is 0 Å². The topological polar surface area (TPSA) is 106 Å². The fraction of sp³-hybridized carbons (Fsp3) is 0.294. The van der Waals surface area contributed by atoms with Crippen molar-refractivity contribution >= 4 is 23.4 Å². The first kappa shape index (κ1) is 17.6. The lowest BCUT2D eigenvalue weighted by molar-refractivity contribution is -0.121. The van der Waals surface area contributed by atoms with E-state index < -0.39 is 17.9 Å². The molecule has 2 heterocycles. The Morgan fingerprint density at radius 1 is 1.27 bits per heavy atom. The zero-order valence-electron chi connectivity index (χ0n) is 14.6. The van der Waals surface area contributed by atoms with Crippen LogP contribution in [-0.4, -0.2) is 40.7 Å². The molecule has 0 radical (unpaired) electrons. The number of nitrogens with one attached hydrogen (secondary N) is 2. The number of hydrogen-bond acceptors (Lipinski definition) is 6. The number of imide groups is 1. The number of carbonyl (C=O) groups is 3. The van der Waals surface area contributed by atoms with Gasteiger partial charge in [0.05, 0.1) is 30.5 Å². The molecule has 3 amide bonds. The van der Waals surface area contributed by atoms with Crippen molar-refractivity contribution in [2.75, 3.05) is 12.0 Å². The Balaban J connectivity index is 1.66. The molecule has 0 spiro atoms. The largest absolute Gasteiger partial charge is 0.497 e. The number of aryl methyl sites for hydroxylation is 2. The third-order valence-corrected chi connectivity index (χ3v) is 4.10. The van der Waals surface area contributed by atoms with E-state index in [4.69, 9.17) is 4.74 Å². The van der Waals surface area contributed by atoms with E-state index in [0.29, 0.717) is 22.7 Å². The van der Waals surface area contributed by atoms with E-state index in [0.717, 1.165) is 4.90 Å². The number of amides is 3. The van der Waals surface area contributed by atoms with E-state index in [1.165, 1.54) is 11.8 Å². The van der Waals surface area contributed by atoms with Crippen molar-refractivity contribution in [2.45, 2.75) is 19.4 Å². The molecule has 1 saturated heterocycles. The molecule has 26 heavy (non-hydrogen) atoms. The summed E-state index contributed by atoms with van der Waals surface area (Å²) in [5.41, 5.74) is 6.54. The van der Waals surface area contributed by atoms with Gasteiger partial charge in [0.2, 0.25) is 5.91 Å². The van der Waals surface area contributed by atoms with Gasteiger partial charge in [-0.2, -0.15) is 5.10 Å². The number of carbonyl (C=O) groups excluding carboxylic acids is 3. The van der Waals surface area contributed by atoms with Crippen molar-refractivity contribution in [3.8, 4) is 5.75 Å². The van der Waals surface area contributed by atoms with Crippen LogP contribution in [0.15, 0.2) is 30.5 Å². The van der Waals surface area contributed by atoms with E-state index in [9.17, 15) is 14.4 Å². The summed E-state index contributed by atoms with van der Waals surface area (Å²) in [6.07, 6.45) is 1.54. The number of hydrogen-bond donors (Lipinski definition) is 2. The number of rotatable bonds is 5. The van der Waals surface area contributed by atoms with Gasteiger partial charge in [-0.15, -0.1) is 0 Å². The van der Waals surface area contributed by atoms with Crippen molar-refractivity contribution < 1.29 is 19.1 Å². The average Bonchev–Trinajstić information content (AvgIpc) is 3.11. The summed E-state index contributed by atoms with van der Waals surface area (Å²) >= 11 is 0. The van der Waals surface area contributed by atoms with Crippen LogP contribution in [0, 0.1) is 6.92 Å². The summed E-state index contributed by atoms with van der Waals surface area (Å²) in [7, 11) is 3.25. The Morgan fingerprint density at radius 2 is 1.96 bits per heavy atom. The second kappa shape index (κ2) is 6.96. The lowest BCUT2D eigenvalue weighted by atomic mass is 10.2. The molecule has 1 aliphatic heterocycles. The normalized spacial score (nSPS) is 16.9. The summed E-state index contributed by atoms with van der Waals surface area (Å²) in [5.74, 6) is -0.562. The standard InChI is InChI=1S/C17H19N5O4/c1-10-13(9-21(2)20-10)16(24)19-18-14-8-15(23)22(17(14)25)11-4-6-12(26-3)7-5-11/h4-7,9,14,18H,8H2,1-3H3,(H,19,24)/t14-/m0/s1. The average molecular weight is 357 g/mol. The molecule has 0 unspecified atom stereocenters. The van der Waals surface area contributed by atoms with Crippen LogP contribution in [-0.2, 0) is 16.6 Å². The maximum atomic E-state index is 12.5. The zero-order chi connectivity index (χ0) is 18.8. The Hall–Kier alpha value is -3.20. The third kappa shape index (κ3) is 3.29. The highest BCUT2D eigenvalue weighted by Gasteiger charge is 2.39. The molecule has 0 aliphatic carbocycles. The van der Waals surface area contributed by atoms with Crippen molar-refractivity contribution in [3.05, 3.63) is 41.7 Å². The van der Waals surface area contributed by atoms with Crippen molar-refractivity contribution in [2.24, 2.45) is 7.05 Å². The van der Waals surface area contributed by atoms with Crippen LogP contribution in [0.5, 0.6) is 5.75 Å². The first-order valence-corrected chi connectivity index (χ1v) is 7.97. The van der Waals surface area contributed by atoms with E-state index >= 15 is 0 Å². The fourth-order valence-electron chi connectivity index (χ4n) is 2.79. The second-order valence-corrected chi connectivity index (χ2v) is 5.92. The van der Waals surface area contributed by atoms with Gasteiger partial charge in [-0.05, 0) is 31.2 Å². The molecule has 1 aliphatic rings. The quantitative estimate of drug-likeness (QED) is 0.589. The lowest BCUT2D eigenvalue weighted by Crippen LogP contribution is -2.48. The molecule has 1 fully saturated rings. The number of methoxy groups -OCH3 is 1. The maximum Gasteiger partial charge on any atom is 0.268 e. The van der Waals surface area contributed by atoms with Crippen LogP contribution in [0.3, 0.4) is 0 Å². The number of anilines is 1. The Morgan fingerprint density at radius 3 is 2.54 bits per heavy atom. The van der Waals surface area contributed by atoms with E-state index in [2.05, 4.69) is 16.0 Å². The summed E-state index contributed by atoms with van der Waals surface area (Å²) in [6.45, 7) is 1.71. The summed E-state index contributed by atoms with van der Waals surface area (Å²) in [6, 6.07) is 5.78. The molecule has 0 bridgehead atoms. The maximum absolute atomic E-state index is 12.5. The molecule has 2 aromatic rings. The molecule has 1 aromatic heterocycles. The van der Waals surface area contributed by atoms with E-state index in [-0.39, 0.29) is 12.3 Å². The lowest BCUT2D eigenvalue weighted by Gasteiger charge is -2.16. The molecule has 9 nitrogen and oxygen atoms in total. The predicted molar refractivity (Wildman–Crippen MR) is 92.4 cm³/mol. The van der Waals surface area contributed by atoms with Gasteiger partial charge in [0.25, 0.3) is 11.8 Å². The smallest absolute Gasteiger partial charge is 0.268 e. The van der Waals surface area contributed by atoms with Crippen LogP contribution >= 0.6 is 0 Å². The number of benzene rings is 1. The van der Waals surface area contributed by atoms with Crippen LogP contribution in [0.4, 0.5) is 5.69 Å². The number of nitrogens with zero attached hydrogens (tertiary/aromatic N) is 3. The molecule has 1 atom stereocenters. The number of ether oxygens (including phenoxy) is 1. The van der Waals surface area contributed by atoms with Gasteiger partial charge in [0, 0.05) is 13.2 Å². The first-order chi connectivity index (χ1) is 12.4. The van der Waals surface area contributed by atoms with Crippen LogP contribution in [0.25, 0.3) is 0 Å². The summed E-state index contributed by atoms with van der Waals surface area (Å²) < 4.78 is 6.60. The Labute approximate surface area is 149 Å². The van der Waals surface area contributed by atoms with Gasteiger partial charge in [-0.3, -0.25) is 24.5 Å². The van der Waals surface area contributed by atoms with E-state index in [1.807, 2.05) is 0 Å². The molecule has 0 saturated carbocycles. The molecule has 3 rings (SSSR count). The highest BCUT2D eigenvalue weighted by Crippen LogP contribution is 2.24. The predicted octanol–water partition coefficient (Wildman–Crippen LogP) is 0.304. The Bertz CT molecular complexity index is 859. The third-order valence-electron chi connectivity index (χ3n) is 4.10. The molecule has 1 aromatic carbocycles. The van der Waals surface area contributed by atoms with Crippen LogP contribution in [0.2, 0.25) is 0 Å². The molecular weight excluding hydrogens is 338 g/mol. The van der Waals surface area contributed by atoms with Gasteiger partial charge in [-0.1, -0.05) is 0 Å². The number of hydrazine groups is 1. The molecule has 136 valence electrons. The van der Waals surface area contributed by atoms with Gasteiger partial charge < -0.3 is 4.74 Å². The van der Waals surface area contributed by atoms with Gasteiger partial charge in [-0.25, -0.2) is 10.3 Å². The van der Waals surface area contributed by atoms with Gasteiger partial charge in [0.15, 0.2) is 0 Å². The minimum atomic E-state index is -0.828. The molecule has 2 N–H and O–H groups in total. The number of aromatic nitrogens is 2. The zero-order valence-corrected chi connectivity index (χ0v) is 14.6. The van der Waals surface area contributed by atoms with Crippen LogP contribution in [0.1, 0.15) is 22.5 Å². The Kier molecular flexibility index (Phi) is 4.72. The first-order valence-electron chi connectivity index (χ1n) is 7.97. The minimum absolute atomic E-state index is 0.0445. The molecule has 9 heteroatoms. The van der Waals surface area contributed by atoms with Gasteiger partial charge >= 0.3 is 0 Å². The summed E-state index contributed by atoms with van der Waals surface area (Å²) in [5, 5.41) is 4.09.